The van der Waals surface area contributed by atoms with Gasteiger partial charge in [-0.25, -0.2) is 18.2 Å². The molecule has 0 aliphatic carbocycles. The third kappa shape index (κ3) is 1.90. The predicted octanol–water partition coefficient (Wildman–Crippen LogP) is 3.57. The maximum Gasteiger partial charge on any atom is 0.283 e. The summed E-state index contributed by atoms with van der Waals surface area (Å²) in [7, 11) is 0. The second-order valence-corrected chi connectivity index (χ2v) is 3.15. The number of hydrogen-bond donors (Lipinski definition) is 0. The Morgan fingerprint density at radius 2 is 2.08 bits per heavy atom. The smallest absolute Gasteiger partial charge is 0.237 e. The zero-order chi connectivity index (χ0) is 9.30. The Bertz CT molecular complexity index is 305. The van der Waals surface area contributed by atoms with E-state index in [-0.39, 0.29) is 9.63 Å². The Kier molecular flexibility index (Phi) is 2.95. The predicted molar refractivity (Wildman–Crippen MR) is 41.9 cm³/mol. The first-order chi connectivity index (χ1) is 5.52. The van der Waals surface area contributed by atoms with Crippen LogP contribution in [0.1, 0.15) is 12.1 Å². The molecule has 1 rings (SSSR count). The standard InChI is InChI=1S/C6H2BrClF3N/c7-3-1-2(8)4(9)5(12-3)6(10)11/h1,6H. The second kappa shape index (κ2) is 3.62. The number of rotatable bonds is 1. The number of aromatic nitrogens is 1. The zero-order valence-corrected chi connectivity index (χ0v) is 7.83. The Hall–Kier alpha value is -0.290. The van der Waals surface area contributed by atoms with Gasteiger partial charge in [-0.1, -0.05) is 11.6 Å². The van der Waals surface area contributed by atoms with Crippen LogP contribution >= 0.6 is 27.5 Å². The van der Waals surface area contributed by atoms with E-state index in [0.29, 0.717) is 0 Å². The fourth-order valence-electron chi connectivity index (χ4n) is 0.631. The van der Waals surface area contributed by atoms with Crippen molar-refractivity contribution in [3.8, 4) is 0 Å². The minimum absolute atomic E-state index is 0.0872. The van der Waals surface area contributed by atoms with Crippen LogP contribution in [0.5, 0.6) is 0 Å². The molecule has 0 saturated carbocycles. The number of halogens is 5. The molecule has 1 nitrogen and oxygen atoms in total. The van der Waals surface area contributed by atoms with Crippen LogP contribution in [-0.2, 0) is 0 Å². The lowest BCUT2D eigenvalue weighted by Gasteiger charge is -2.02. The van der Waals surface area contributed by atoms with E-state index in [9.17, 15) is 13.2 Å². The highest BCUT2D eigenvalue weighted by Crippen LogP contribution is 2.27. The number of nitrogens with zero attached hydrogens (tertiary/aromatic N) is 1. The van der Waals surface area contributed by atoms with Gasteiger partial charge in [0.2, 0.25) is 0 Å². The molecule has 0 aliphatic heterocycles. The van der Waals surface area contributed by atoms with Gasteiger partial charge in [-0.2, -0.15) is 0 Å². The molecule has 1 heterocycles. The SMILES string of the molecule is Fc1c(Cl)cc(Br)nc1C(F)F. The molecule has 0 spiro atoms. The van der Waals surface area contributed by atoms with Gasteiger partial charge in [-0.05, 0) is 22.0 Å². The average molecular weight is 260 g/mol. The molecule has 0 bridgehead atoms. The molecule has 0 radical (unpaired) electrons. The number of hydrogen-bond acceptors (Lipinski definition) is 1. The molecule has 6 heteroatoms. The van der Waals surface area contributed by atoms with Gasteiger partial charge in [0.05, 0.1) is 5.02 Å². The third-order valence-electron chi connectivity index (χ3n) is 1.11. The molecule has 1 aromatic rings. The van der Waals surface area contributed by atoms with Crippen LogP contribution in [-0.4, -0.2) is 4.98 Å². The summed E-state index contributed by atoms with van der Waals surface area (Å²) in [6.07, 6.45) is -2.96. The number of alkyl halides is 2. The summed E-state index contributed by atoms with van der Waals surface area (Å²) in [5, 5.41) is -0.368. The highest BCUT2D eigenvalue weighted by Gasteiger charge is 2.18. The topological polar surface area (TPSA) is 12.9 Å². The van der Waals surface area contributed by atoms with E-state index in [0.717, 1.165) is 6.07 Å². The Morgan fingerprint density at radius 1 is 1.50 bits per heavy atom. The lowest BCUT2D eigenvalue weighted by atomic mass is 10.3. The zero-order valence-electron chi connectivity index (χ0n) is 5.49. The van der Waals surface area contributed by atoms with Crippen molar-refractivity contribution >= 4 is 27.5 Å². The summed E-state index contributed by atoms with van der Waals surface area (Å²) < 4.78 is 36.8. The highest BCUT2D eigenvalue weighted by molar-refractivity contribution is 9.10. The van der Waals surface area contributed by atoms with E-state index < -0.39 is 17.9 Å². The van der Waals surface area contributed by atoms with Crippen molar-refractivity contribution in [1.82, 2.24) is 4.98 Å². The van der Waals surface area contributed by atoms with Gasteiger partial charge in [0.1, 0.15) is 10.3 Å². The van der Waals surface area contributed by atoms with Crippen molar-refractivity contribution in [1.29, 1.82) is 0 Å². The quantitative estimate of drug-likeness (QED) is 0.703. The summed E-state index contributed by atoms with van der Waals surface area (Å²) in [4.78, 5) is 3.24. The molecule has 0 aliphatic rings. The van der Waals surface area contributed by atoms with Crippen LogP contribution in [0, 0.1) is 5.82 Å². The monoisotopic (exact) mass is 259 g/mol. The van der Waals surface area contributed by atoms with Gasteiger partial charge >= 0.3 is 0 Å². The largest absolute Gasteiger partial charge is 0.283 e. The minimum atomic E-state index is -2.96. The summed E-state index contributed by atoms with van der Waals surface area (Å²) in [6, 6.07) is 1.11. The van der Waals surface area contributed by atoms with Crippen molar-refractivity contribution < 1.29 is 13.2 Å². The van der Waals surface area contributed by atoms with Crippen LogP contribution in [0.4, 0.5) is 13.2 Å². The van der Waals surface area contributed by atoms with Gasteiger partial charge in [0, 0.05) is 0 Å². The van der Waals surface area contributed by atoms with Gasteiger partial charge in [-0.3, -0.25) is 0 Å². The molecule has 0 amide bonds. The maximum absolute atomic E-state index is 12.7. The first kappa shape index (κ1) is 9.80. The van der Waals surface area contributed by atoms with Crippen LogP contribution in [0.25, 0.3) is 0 Å². The fourth-order valence-corrected chi connectivity index (χ4v) is 1.38. The molecule has 0 aromatic carbocycles. The lowest BCUT2D eigenvalue weighted by molar-refractivity contribution is 0.140. The van der Waals surface area contributed by atoms with Gasteiger partial charge in [0.25, 0.3) is 6.43 Å². The van der Waals surface area contributed by atoms with E-state index >= 15 is 0 Å². The van der Waals surface area contributed by atoms with Crippen molar-refractivity contribution in [3.63, 3.8) is 0 Å². The molecule has 1 aromatic heterocycles. The third-order valence-corrected chi connectivity index (χ3v) is 1.80. The molecule has 0 atom stereocenters. The summed E-state index contributed by atoms with van der Waals surface area (Å²) in [5.41, 5.74) is -0.936. The Balaban J connectivity index is 3.28. The van der Waals surface area contributed by atoms with Gasteiger partial charge in [0.15, 0.2) is 5.82 Å². The summed E-state index contributed by atoms with van der Waals surface area (Å²) in [5.74, 6) is -1.17. The first-order valence-electron chi connectivity index (χ1n) is 2.82. The minimum Gasteiger partial charge on any atom is -0.237 e. The van der Waals surface area contributed by atoms with Crippen molar-refractivity contribution in [2.75, 3.05) is 0 Å². The van der Waals surface area contributed by atoms with Crippen molar-refractivity contribution in [2.45, 2.75) is 6.43 Å². The lowest BCUT2D eigenvalue weighted by Crippen LogP contribution is -1.96. The maximum atomic E-state index is 12.7. The molecule has 0 N–H and O–H groups in total. The van der Waals surface area contributed by atoms with Gasteiger partial charge in [-0.15, -0.1) is 0 Å². The van der Waals surface area contributed by atoms with Crippen LogP contribution in [0.15, 0.2) is 10.7 Å². The normalized spacial score (nSPS) is 10.8. The van der Waals surface area contributed by atoms with Crippen molar-refractivity contribution in [2.24, 2.45) is 0 Å². The molecule has 0 saturated heterocycles. The van der Waals surface area contributed by atoms with Crippen molar-refractivity contribution in [3.05, 3.63) is 27.2 Å². The highest BCUT2D eigenvalue weighted by atomic mass is 79.9. The average Bonchev–Trinajstić information content (AvgIpc) is 1.96. The van der Waals surface area contributed by atoms with Gasteiger partial charge < -0.3 is 0 Å². The molecular formula is C6H2BrClF3N. The fraction of sp³-hybridized carbons (Fsp3) is 0.167. The van der Waals surface area contributed by atoms with E-state index in [2.05, 4.69) is 20.9 Å². The Morgan fingerprint density at radius 3 is 2.58 bits per heavy atom. The van der Waals surface area contributed by atoms with E-state index in [1.54, 1.807) is 0 Å². The summed E-state index contributed by atoms with van der Waals surface area (Å²) >= 11 is 8.10. The second-order valence-electron chi connectivity index (χ2n) is 1.93. The van der Waals surface area contributed by atoms with E-state index in [4.69, 9.17) is 11.6 Å². The summed E-state index contributed by atoms with van der Waals surface area (Å²) in [6.45, 7) is 0. The van der Waals surface area contributed by atoms with E-state index in [1.165, 1.54) is 0 Å². The van der Waals surface area contributed by atoms with E-state index in [1.807, 2.05) is 0 Å². The van der Waals surface area contributed by atoms with Crippen LogP contribution < -0.4 is 0 Å². The molecular weight excluding hydrogens is 258 g/mol. The van der Waals surface area contributed by atoms with Crippen LogP contribution in [0.2, 0.25) is 5.02 Å². The molecule has 66 valence electrons. The van der Waals surface area contributed by atoms with Crippen LogP contribution in [0.3, 0.4) is 0 Å². The first-order valence-corrected chi connectivity index (χ1v) is 3.99. The number of pyridine rings is 1. The molecule has 12 heavy (non-hydrogen) atoms. The molecule has 0 fully saturated rings. The Labute approximate surface area is 79.7 Å². The molecule has 0 unspecified atom stereocenters.